The molecule has 5 aromatic heterocycles. The first-order chi connectivity index (χ1) is 45.6. The molecule has 5 heterocycles. The van der Waals surface area contributed by atoms with Crippen LogP contribution in [0.2, 0.25) is 0 Å². The summed E-state index contributed by atoms with van der Waals surface area (Å²) in [5, 5.41) is 21.5. The van der Waals surface area contributed by atoms with Crippen molar-refractivity contribution < 1.29 is 120 Å². The molecule has 0 aliphatic heterocycles. The third-order valence-corrected chi connectivity index (χ3v) is 12.8. The van der Waals surface area contributed by atoms with Gasteiger partial charge in [-0.3, -0.25) is 36.4 Å². The van der Waals surface area contributed by atoms with Gasteiger partial charge in [-0.1, -0.05) is 181 Å². The number of benzene rings is 6. The average Bonchev–Trinajstić information content (AvgIpc) is 0.809. The van der Waals surface area contributed by atoms with Crippen molar-refractivity contribution in [2.75, 3.05) is 0 Å². The second-order valence-corrected chi connectivity index (χ2v) is 20.2. The van der Waals surface area contributed by atoms with Crippen LogP contribution in [0.5, 0.6) is 0 Å². The van der Waals surface area contributed by atoms with Gasteiger partial charge in [-0.15, -0.1) is 110 Å². The Labute approximate surface area is 651 Å². The van der Waals surface area contributed by atoms with Gasteiger partial charge in [0.15, 0.2) is 11.6 Å². The van der Waals surface area contributed by atoms with Gasteiger partial charge < -0.3 is 30.1 Å². The maximum absolute atomic E-state index is 10.0. The summed E-state index contributed by atoms with van der Waals surface area (Å²) in [5.74, 6) is -0.125. The fourth-order valence-electron chi connectivity index (χ4n) is 8.15. The first-order valence-corrected chi connectivity index (χ1v) is 29.7. The van der Waals surface area contributed by atoms with Crippen LogP contribution in [0.4, 0.5) is 0 Å². The van der Waals surface area contributed by atoms with Gasteiger partial charge in [0.2, 0.25) is 0 Å². The predicted octanol–water partition coefficient (Wildman–Crippen LogP) is 19.7. The Balaban J connectivity index is 0.00000119. The molecule has 0 spiro atoms. The number of hydrogen-bond donors (Lipinski definition) is 2. The number of carbonyl (C=O) groups is 2. The van der Waals surface area contributed by atoms with Gasteiger partial charge in [0.1, 0.15) is 11.4 Å². The van der Waals surface area contributed by atoms with E-state index in [9.17, 15) is 9.59 Å². The van der Waals surface area contributed by atoms with Crippen LogP contribution in [0, 0.1) is 43.5 Å². The van der Waals surface area contributed by atoms with E-state index in [1.165, 1.54) is 56.0 Å². The molecule has 16 heteroatoms. The quantitative estimate of drug-likeness (QED) is 0.0559. The molecule has 0 unspecified atom stereocenters. The molecule has 5 radical (unpaired) electrons. The normalized spacial score (nSPS) is 10.8. The zero-order valence-corrected chi connectivity index (χ0v) is 67.5. The minimum Gasteiger partial charge on any atom is -0.512 e. The van der Waals surface area contributed by atoms with Gasteiger partial charge in [-0.05, 0) is 79.5 Å². The molecule has 0 saturated heterocycles. The van der Waals surface area contributed by atoms with Crippen molar-refractivity contribution in [1.29, 1.82) is 0 Å². The molecule has 6 aromatic carbocycles. The molecular weight excluding hydrogens is 2120 g/mol. The van der Waals surface area contributed by atoms with E-state index in [0.717, 1.165) is 61.4 Å². The fourth-order valence-corrected chi connectivity index (χ4v) is 8.15. The molecule has 513 valence electrons. The van der Waals surface area contributed by atoms with Crippen molar-refractivity contribution in [1.82, 2.24) is 24.9 Å². The van der Waals surface area contributed by atoms with Crippen molar-refractivity contribution in [2.45, 2.75) is 55.4 Å². The number of hydrogen-bond acceptors (Lipinski definition) is 9. The summed E-state index contributed by atoms with van der Waals surface area (Å²) < 4.78 is 0. The smallest absolute Gasteiger partial charge is 0.155 e. The molecule has 11 rings (SSSR count). The van der Waals surface area contributed by atoms with Gasteiger partial charge in [-0.2, -0.15) is 11.1 Å². The molecule has 0 bridgehead atoms. The number of aliphatic hydroxyl groups is 2. The summed E-state index contributed by atoms with van der Waals surface area (Å²) >= 11 is 0. The van der Waals surface area contributed by atoms with E-state index in [1.807, 2.05) is 179 Å². The summed E-state index contributed by atoms with van der Waals surface area (Å²) in [6.45, 7) is 27.8. The van der Waals surface area contributed by atoms with E-state index < -0.39 is 0 Å². The van der Waals surface area contributed by atoms with Crippen molar-refractivity contribution >= 4 is 61.2 Å². The summed E-state index contributed by atoms with van der Waals surface area (Å²) in [4.78, 5) is 48.2. The standard InChI is InChI=1S/C27H18N.2C14H9N2.2C9H10N.2C5H8O2.5Ir/c1-2-9-22(10-3-1)26(27-18-24-12-6-7-13-25(24)19-28-27)17-20-14-15-21-8-4-5-11-23(21)16-20;2*1-15-14(13-9-5-6-10-16-13)11-12-7-3-2-4-8-12;2*1-3-8(2)9-6-4-5-7-10-9;2*1-4(6)3-5(2)7;;;;;/h1-16,18-19H;2*2-10H;2*4-7H,1-2H3;2*3,6H,1-2H3;;;;;/q5*-1;;;;;;;. The molecule has 2 N–H and O–H groups in total. The number of allylic oxidation sites excluding steroid dienone is 8. The number of carbonyl (C=O) groups excluding carboxylic acids is 2. The fraction of sp³-hybridized carbons (Fsp3) is 0.0964. The Bertz CT molecular complexity index is 4280. The second-order valence-electron chi connectivity index (χ2n) is 20.2. The molecular formula is C83H72Ir5N7O4-5. The summed E-state index contributed by atoms with van der Waals surface area (Å²) in [7, 11) is 0. The van der Waals surface area contributed by atoms with Crippen LogP contribution in [-0.2, 0) is 110 Å². The van der Waals surface area contributed by atoms with Crippen molar-refractivity contribution in [3.63, 3.8) is 0 Å². The van der Waals surface area contributed by atoms with E-state index in [0.29, 0.717) is 22.8 Å². The minimum atomic E-state index is -0.125. The summed E-state index contributed by atoms with van der Waals surface area (Å²) in [6.07, 6.45) is 27.0. The maximum atomic E-state index is 10.0. The van der Waals surface area contributed by atoms with Crippen LogP contribution in [0.1, 0.15) is 106 Å². The number of ketones is 2. The van der Waals surface area contributed by atoms with Crippen molar-refractivity contribution in [2.24, 2.45) is 0 Å². The molecule has 0 aliphatic rings. The van der Waals surface area contributed by atoms with Gasteiger partial charge in [-0.25, -0.2) is 11.1 Å². The third-order valence-electron chi connectivity index (χ3n) is 12.8. The number of aliphatic hydroxyl groups excluding tert-OH is 2. The number of fused-ring (bicyclic) bond motifs is 2. The zero-order chi connectivity index (χ0) is 67.7. The molecule has 0 aliphatic carbocycles. The molecule has 0 atom stereocenters. The second kappa shape index (κ2) is 52.1. The first kappa shape index (κ1) is 89.9. The summed E-state index contributed by atoms with van der Waals surface area (Å²) in [5.41, 5.74) is 12.3. The van der Waals surface area contributed by atoms with Crippen LogP contribution in [0.25, 0.3) is 59.3 Å². The third kappa shape index (κ3) is 34.8. The van der Waals surface area contributed by atoms with Gasteiger partial charge in [0.05, 0.1) is 24.7 Å². The summed E-state index contributed by atoms with van der Waals surface area (Å²) in [6, 6.07) is 77.6. The Morgan fingerprint density at radius 1 is 0.364 bits per heavy atom. The molecule has 0 fully saturated rings. The van der Waals surface area contributed by atoms with E-state index in [-0.39, 0.29) is 124 Å². The monoisotopic (exact) mass is 2200 g/mol. The zero-order valence-electron chi connectivity index (χ0n) is 55.6. The Morgan fingerprint density at radius 3 is 1.05 bits per heavy atom. The molecule has 99 heavy (non-hydrogen) atoms. The van der Waals surface area contributed by atoms with Crippen LogP contribution in [0.15, 0.2) is 291 Å². The van der Waals surface area contributed by atoms with Crippen LogP contribution >= 0.6 is 0 Å². The van der Waals surface area contributed by atoms with E-state index in [1.54, 1.807) is 24.8 Å². The predicted molar refractivity (Wildman–Crippen MR) is 382 cm³/mol. The van der Waals surface area contributed by atoms with Crippen molar-refractivity contribution in [3.8, 4) is 0 Å². The van der Waals surface area contributed by atoms with Crippen LogP contribution in [-0.4, -0.2) is 46.7 Å². The average molecular weight is 2190 g/mol. The van der Waals surface area contributed by atoms with Crippen LogP contribution < -0.4 is 0 Å². The van der Waals surface area contributed by atoms with Crippen molar-refractivity contribution in [3.05, 3.63) is 395 Å². The first-order valence-electron chi connectivity index (χ1n) is 29.7. The van der Waals surface area contributed by atoms with E-state index >= 15 is 0 Å². The minimum absolute atomic E-state index is 0. The Morgan fingerprint density at radius 2 is 0.707 bits per heavy atom. The molecule has 11 nitrogen and oxygen atoms in total. The molecule has 11 aromatic rings. The largest absolute Gasteiger partial charge is 0.512 e. The van der Waals surface area contributed by atoms with Crippen LogP contribution in [0.3, 0.4) is 0 Å². The van der Waals surface area contributed by atoms with E-state index in [2.05, 4.69) is 151 Å². The molecule has 0 amide bonds. The molecule has 0 saturated carbocycles. The number of aromatic nitrogens is 5. The number of pyridine rings is 5. The topological polar surface area (TPSA) is 148 Å². The van der Waals surface area contributed by atoms with Gasteiger partial charge in [0, 0.05) is 149 Å². The SMILES string of the molecule is CC(=O)C=C(C)O.CC(=O)C=C(C)O.C[C-]=C(C)c1ccccn1.C[C-]=C(C)c1ccccn1.[C-]#[N+]C(=[C-]c1ccccc1)c1ccccn1.[C-]#[N+]C(=[C-]c1ccccc1)c1ccccn1.[C-](=C(c1ccccc1)c1cc2ccccc2cn1)c1ccc2ccccc2c1.[Ir].[Ir].[Ir].[Ir].[Ir]. The van der Waals surface area contributed by atoms with E-state index in [4.69, 9.17) is 28.3 Å². The van der Waals surface area contributed by atoms with Gasteiger partial charge >= 0.3 is 0 Å². The Hall–Kier alpha value is -9.06. The number of nitrogens with zero attached hydrogens (tertiary/aromatic N) is 7. The number of rotatable bonds is 11. The maximum Gasteiger partial charge on any atom is 0.155 e. The Kier molecular flexibility index (Phi) is 47.3. The van der Waals surface area contributed by atoms with Gasteiger partial charge in [0.25, 0.3) is 0 Å².